The quantitative estimate of drug-likeness (QED) is 0.185. The third kappa shape index (κ3) is 6.92. The van der Waals surface area contributed by atoms with Gasteiger partial charge in [0, 0.05) is 13.1 Å². The Morgan fingerprint density at radius 3 is 2.70 bits per heavy atom. The first-order chi connectivity index (χ1) is 15.8. The topological polar surface area (TPSA) is 204 Å². The number of aromatic amines is 1. The van der Waals surface area contributed by atoms with Crippen molar-refractivity contribution in [2.45, 2.75) is 51.1 Å². The number of rotatable bonds is 10. The molecular formula is C20H30N8O5. The summed E-state index contributed by atoms with van der Waals surface area (Å²) in [5.74, 6) is -0.567. The standard InChI is InChI=1S/C20H30N8O5/c21-19(22)23-7-1-2-14(18(30)31)27-20(32)33-9-13-5-3-12(4-6-13)8-28-11-26-15-16(28)24-10-25-17(15)29/h10-14H,1-9H2,(H,27,32)(H,30,31)(H4,21,22,23)(H,24,25,29). The SMILES string of the molecule is NC(N)=NCCCC(NC(=O)OCC1CCC(Cn2cnc3c(=O)[nH]cnc32)CC1)C(=O)O. The number of hydrogen-bond donors (Lipinski definition) is 5. The average molecular weight is 463 g/mol. The Bertz CT molecular complexity index is 1040. The zero-order chi connectivity index (χ0) is 23.8. The lowest BCUT2D eigenvalue weighted by atomic mass is 9.82. The van der Waals surface area contributed by atoms with Crippen molar-refractivity contribution >= 4 is 29.2 Å². The van der Waals surface area contributed by atoms with Crippen molar-refractivity contribution < 1.29 is 19.4 Å². The van der Waals surface area contributed by atoms with Gasteiger partial charge >= 0.3 is 12.1 Å². The van der Waals surface area contributed by atoms with E-state index in [4.69, 9.17) is 16.2 Å². The molecule has 2 heterocycles. The number of imidazole rings is 1. The first-order valence-electron chi connectivity index (χ1n) is 10.9. The highest BCUT2D eigenvalue weighted by molar-refractivity contribution is 5.79. The summed E-state index contributed by atoms with van der Waals surface area (Å²) in [4.78, 5) is 49.9. The average Bonchev–Trinajstić information content (AvgIpc) is 3.19. The van der Waals surface area contributed by atoms with E-state index in [2.05, 4.69) is 25.3 Å². The summed E-state index contributed by atoms with van der Waals surface area (Å²) >= 11 is 0. The monoisotopic (exact) mass is 462 g/mol. The molecule has 1 atom stereocenters. The van der Waals surface area contributed by atoms with Crippen LogP contribution in [0.5, 0.6) is 0 Å². The summed E-state index contributed by atoms with van der Waals surface area (Å²) in [5.41, 5.74) is 11.1. The van der Waals surface area contributed by atoms with E-state index < -0.39 is 18.1 Å². The number of ether oxygens (including phenoxy) is 1. The van der Waals surface area contributed by atoms with Gasteiger partial charge in [-0.2, -0.15) is 0 Å². The smallest absolute Gasteiger partial charge is 0.407 e. The van der Waals surface area contributed by atoms with Crippen LogP contribution in [-0.2, 0) is 16.1 Å². The van der Waals surface area contributed by atoms with Crippen LogP contribution in [0.4, 0.5) is 4.79 Å². The van der Waals surface area contributed by atoms with Gasteiger partial charge in [-0.05, 0) is 50.4 Å². The maximum atomic E-state index is 12.1. The molecule has 0 bridgehead atoms. The molecule has 0 aliphatic heterocycles. The molecule has 2 aromatic rings. The molecule has 1 fully saturated rings. The van der Waals surface area contributed by atoms with Gasteiger partial charge in [-0.15, -0.1) is 0 Å². The number of carboxylic acids is 1. The van der Waals surface area contributed by atoms with Gasteiger partial charge in [0.05, 0.1) is 19.3 Å². The van der Waals surface area contributed by atoms with Gasteiger partial charge in [0.15, 0.2) is 17.1 Å². The van der Waals surface area contributed by atoms with Crippen LogP contribution in [0.2, 0.25) is 0 Å². The van der Waals surface area contributed by atoms with E-state index >= 15 is 0 Å². The maximum absolute atomic E-state index is 12.1. The molecule has 33 heavy (non-hydrogen) atoms. The van der Waals surface area contributed by atoms with Gasteiger partial charge in [0.1, 0.15) is 6.04 Å². The van der Waals surface area contributed by atoms with E-state index in [0.29, 0.717) is 23.5 Å². The molecule has 0 spiro atoms. The number of aliphatic imine (C=N–C) groups is 1. The molecule has 180 valence electrons. The van der Waals surface area contributed by atoms with Crippen LogP contribution in [0.1, 0.15) is 38.5 Å². The number of nitrogens with zero attached hydrogens (tertiary/aromatic N) is 4. The van der Waals surface area contributed by atoms with Crippen molar-refractivity contribution in [3.8, 4) is 0 Å². The van der Waals surface area contributed by atoms with Gasteiger partial charge in [-0.1, -0.05) is 0 Å². The highest BCUT2D eigenvalue weighted by Crippen LogP contribution is 2.30. The number of nitrogens with two attached hydrogens (primary N) is 2. The second-order valence-corrected chi connectivity index (χ2v) is 8.27. The first kappa shape index (κ1) is 24.0. The highest BCUT2D eigenvalue weighted by Gasteiger charge is 2.25. The fourth-order valence-electron chi connectivity index (χ4n) is 4.02. The number of H-pyrrole nitrogens is 1. The van der Waals surface area contributed by atoms with Crippen molar-refractivity contribution in [1.82, 2.24) is 24.8 Å². The van der Waals surface area contributed by atoms with Crippen LogP contribution in [-0.4, -0.2) is 61.8 Å². The van der Waals surface area contributed by atoms with Crippen LogP contribution in [0.15, 0.2) is 22.4 Å². The Hall–Kier alpha value is -3.64. The lowest BCUT2D eigenvalue weighted by molar-refractivity contribution is -0.139. The molecule has 7 N–H and O–H groups in total. The fourth-order valence-corrected chi connectivity index (χ4v) is 4.02. The molecule has 1 aliphatic carbocycles. The second kappa shape index (κ2) is 11.3. The number of alkyl carbamates (subject to hydrolysis) is 1. The van der Waals surface area contributed by atoms with Gasteiger partial charge in [0.2, 0.25) is 0 Å². The van der Waals surface area contributed by atoms with E-state index in [-0.39, 0.29) is 37.0 Å². The van der Waals surface area contributed by atoms with Gasteiger partial charge in [0.25, 0.3) is 5.56 Å². The number of nitrogens with one attached hydrogen (secondary N) is 2. The molecule has 1 unspecified atom stereocenters. The molecule has 1 aliphatic rings. The summed E-state index contributed by atoms with van der Waals surface area (Å²) in [6.45, 7) is 1.25. The molecule has 0 radical (unpaired) electrons. The van der Waals surface area contributed by atoms with Crippen LogP contribution >= 0.6 is 0 Å². The molecule has 2 aromatic heterocycles. The Labute approximate surface area is 189 Å². The highest BCUT2D eigenvalue weighted by atomic mass is 16.5. The van der Waals surface area contributed by atoms with Crippen LogP contribution in [0.3, 0.4) is 0 Å². The zero-order valence-corrected chi connectivity index (χ0v) is 18.3. The van der Waals surface area contributed by atoms with Gasteiger partial charge in [-0.3, -0.25) is 9.79 Å². The normalized spacial score (nSPS) is 19.0. The maximum Gasteiger partial charge on any atom is 0.407 e. The van der Waals surface area contributed by atoms with Crippen molar-refractivity contribution in [3.63, 3.8) is 0 Å². The van der Waals surface area contributed by atoms with Crippen LogP contribution < -0.4 is 22.3 Å². The second-order valence-electron chi connectivity index (χ2n) is 8.27. The number of aliphatic carboxylic acids is 1. The number of carbonyl (C=O) groups is 2. The molecule has 3 rings (SSSR count). The zero-order valence-electron chi connectivity index (χ0n) is 18.3. The summed E-state index contributed by atoms with van der Waals surface area (Å²) in [6.07, 6.45) is 6.54. The van der Waals surface area contributed by atoms with Gasteiger partial charge in [-0.25, -0.2) is 19.6 Å². The Kier molecular flexibility index (Phi) is 8.22. The summed E-state index contributed by atoms with van der Waals surface area (Å²) in [5, 5.41) is 11.7. The van der Waals surface area contributed by atoms with Crippen molar-refractivity contribution in [2.24, 2.45) is 28.3 Å². The number of guanidine groups is 1. The minimum Gasteiger partial charge on any atom is -0.480 e. The predicted octanol–water partition coefficient (Wildman–Crippen LogP) is 0.159. The number of fused-ring (bicyclic) bond motifs is 1. The lowest BCUT2D eigenvalue weighted by Crippen LogP contribution is -2.41. The fraction of sp³-hybridized carbons (Fsp3) is 0.600. The van der Waals surface area contributed by atoms with Crippen LogP contribution in [0.25, 0.3) is 11.2 Å². The van der Waals surface area contributed by atoms with E-state index in [1.807, 2.05) is 4.57 Å². The minimum absolute atomic E-state index is 0.0609. The summed E-state index contributed by atoms with van der Waals surface area (Å²) in [6, 6.07) is -1.06. The third-order valence-electron chi connectivity index (χ3n) is 5.81. The number of amides is 1. The van der Waals surface area contributed by atoms with E-state index in [1.165, 1.54) is 6.33 Å². The van der Waals surface area contributed by atoms with E-state index in [9.17, 15) is 19.5 Å². The summed E-state index contributed by atoms with van der Waals surface area (Å²) in [7, 11) is 0. The Balaban J connectivity index is 1.39. The number of aromatic nitrogens is 4. The first-order valence-corrected chi connectivity index (χ1v) is 10.9. The largest absolute Gasteiger partial charge is 0.480 e. The number of hydrogen-bond acceptors (Lipinski definition) is 7. The van der Waals surface area contributed by atoms with Gasteiger partial charge < -0.3 is 36.2 Å². The third-order valence-corrected chi connectivity index (χ3v) is 5.81. The molecule has 1 saturated carbocycles. The molecule has 0 saturated heterocycles. The molecule has 0 aromatic carbocycles. The number of carboxylic acid groups (broad SMARTS) is 1. The number of carbonyl (C=O) groups excluding carboxylic acids is 1. The Morgan fingerprint density at radius 1 is 1.27 bits per heavy atom. The van der Waals surface area contributed by atoms with Crippen molar-refractivity contribution in [3.05, 3.63) is 23.0 Å². The van der Waals surface area contributed by atoms with E-state index in [0.717, 1.165) is 32.2 Å². The molecular weight excluding hydrogens is 432 g/mol. The van der Waals surface area contributed by atoms with E-state index in [1.54, 1.807) is 6.33 Å². The minimum atomic E-state index is -1.14. The van der Waals surface area contributed by atoms with Crippen molar-refractivity contribution in [2.75, 3.05) is 13.2 Å². The lowest BCUT2D eigenvalue weighted by Gasteiger charge is -2.28. The summed E-state index contributed by atoms with van der Waals surface area (Å²) < 4.78 is 7.18. The van der Waals surface area contributed by atoms with Crippen molar-refractivity contribution in [1.29, 1.82) is 0 Å². The predicted molar refractivity (Wildman–Crippen MR) is 119 cm³/mol. The molecule has 1 amide bonds. The molecule has 13 heteroatoms. The van der Waals surface area contributed by atoms with Crippen LogP contribution in [0, 0.1) is 11.8 Å². The Morgan fingerprint density at radius 2 is 2.00 bits per heavy atom. The molecule has 13 nitrogen and oxygen atoms in total.